The average Bonchev–Trinajstić information content (AvgIpc) is 2.69. The first-order valence-corrected chi connectivity index (χ1v) is 7.59. The Balaban J connectivity index is 2.40. The zero-order chi connectivity index (χ0) is 12.0. The largest absolute Gasteiger partial charge is 0.341 e. The number of unbranched alkanes of at least 4 members (excludes halogenated alkanes) is 2. The monoisotopic (exact) mass is 323 g/mol. The van der Waals surface area contributed by atoms with Crippen molar-refractivity contribution < 1.29 is 4.79 Å². The van der Waals surface area contributed by atoms with E-state index >= 15 is 0 Å². The smallest absolute Gasteiger partial charge is 0.265 e. The van der Waals surface area contributed by atoms with Crippen LogP contribution in [0.15, 0.2) is 11.4 Å². The zero-order valence-corrected chi connectivity index (χ0v) is 12.4. The standard InChI is InChI=1S/C11H15BrClNOS/c1-14(7-4-2-3-6-12)11(15)10-9(13)5-8-16-10/h5,8H,2-4,6-7H2,1H3. The molecule has 0 aliphatic carbocycles. The van der Waals surface area contributed by atoms with Crippen LogP contribution >= 0.6 is 38.9 Å². The number of carbonyl (C=O) groups excluding carboxylic acids is 1. The topological polar surface area (TPSA) is 20.3 Å². The quantitative estimate of drug-likeness (QED) is 0.571. The highest BCUT2D eigenvalue weighted by atomic mass is 79.9. The van der Waals surface area contributed by atoms with Crippen molar-refractivity contribution in [3.63, 3.8) is 0 Å². The minimum Gasteiger partial charge on any atom is -0.341 e. The van der Waals surface area contributed by atoms with Gasteiger partial charge in [0.2, 0.25) is 0 Å². The van der Waals surface area contributed by atoms with Crippen molar-refractivity contribution in [2.24, 2.45) is 0 Å². The van der Waals surface area contributed by atoms with Gasteiger partial charge in [0, 0.05) is 18.9 Å². The Labute approximate surface area is 114 Å². The van der Waals surface area contributed by atoms with E-state index in [0.29, 0.717) is 9.90 Å². The zero-order valence-electron chi connectivity index (χ0n) is 9.21. The summed E-state index contributed by atoms with van der Waals surface area (Å²) in [5, 5.41) is 3.43. The lowest BCUT2D eigenvalue weighted by atomic mass is 10.2. The molecule has 0 aliphatic heterocycles. The van der Waals surface area contributed by atoms with Crippen LogP contribution in [0.4, 0.5) is 0 Å². The summed E-state index contributed by atoms with van der Waals surface area (Å²) in [6.07, 6.45) is 3.33. The summed E-state index contributed by atoms with van der Waals surface area (Å²) in [6, 6.07) is 1.76. The van der Waals surface area contributed by atoms with E-state index < -0.39 is 0 Å². The summed E-state index contributed by atoms with van der Waals surface area (Å²) in [6.45, 7) is 0.792. The Bertz CT molecular complexity index is 342. The number of nitrogens with zero attached hydrogens (tertiary/aromatic N) is 1. The molecule has 0 aromatic carbocycles. The Morgan fingerprint density at radius 2 is 2.25 bits per heavy atom. The first kappa shape index (κ1) is 14.0. The molecule has 0 spiro atoms. The van der Waals surface area contributed by atoms with E-state index in [0.717, 1.165) is 31.1 Å². The lowest BCUT2D eigenvalue weighted by molar-refractivity contribution is 0.0797. The molecule has 90 valence electrons. The van der Waals surface area contributed by atoms with Gasteiger partial charge in [-0.15, -0.1) is 11.3 Å². The van der Waals surface area contributed by atoms with Crippen LogP contribution in [0.5, 0.6) is 0 Å². The van der Waals surface area contributed by atoms with Gasteiger partial charge in [-0.3, -0.25) is 4.79 Å². The number of rotatable bonds is 6. The van der Waals surface area contributed by atoms with Crippen LogP contribution in [0, 0.1) is 0 Å². The highest BCUT2D eigenvalue weighted by molar-refractivity contribution is 9.09. The highest BCUT2D eigenvalue weighted by Crippen LogP contribution is 2.23. The molecule has 1 rings (SSSR count). The van der Waals surface area contributed by atoms with Crippen molar-refractivity contribution in [2.45, 2.75) is 19.3 Å². The molecule has 0 aliphatic rings. The van der Waals surface area contributed by atoms with Gasteiger partial charge in [0.1, 0.15) is 4.88 Å². The SMILES string of the molecule is CN(CCCCCBr)C(=O)c1sccc1Cl. The van der Waals surface area contributed by atoms with E-state index in [2.05, 4.69) is 15.9 Å². The number of hydrogen-bond donors (Lipinski definition) is 0. The maximum Gasteiger partial charge on any atom is 0.265 e. The van der Waals surface area contributed by atoms with Crippen molar-refractivity contribution in [3.8, 4) is 0 Å². The Kier molecular flexibility index (Phi) is 6.39. The lowest BCUT2D eigenvalue weighted by Gasteiger charge is -2.16. The molecule has 5 heteroatoms. The minimum atomic E-state index is 0.0267. The number of alkyl halides is 1. The van der Waals surface area contributed by atoms with E-state index in [9.17, 15) is 4.79 Å². The van der Waals surface area contributed by atoms with Crippen molar-refractivity contribution in [3.05, 3.63) is 21.3 Å². The molecule has 1 amide bonds. The summed E-state index contributed by atoms with van der Waals surface area (Å²) in [7, 11) is 1.83. The molecule has 1 aromatic heterocycles. The molecule has 2 nitrogen and oxygen atoms in total. The third-order valence-electron chi connectivity index (χ3n) is 2.29. The summed E-state index contributed by atoms with van der Waals surface area (Å²) in [5.74, 6) is 0.0267. The van der Waals surface area contributed by atoms with Gasteiger partial charge < -0.3 is 4.90 Å². The van der Waals surface area contributed by atoms with Crippen LogP contribution in [0.25, 0.3) is 0 Å². The molecule has 0 atom stereocenters. The normalized spacial score (nSPS) is 10.4. The van der Waals surface area contributed by atoms with Crippen LogP contribution < -0.4 is 0 Å². The molecule has 0 unspecified atom stereocenters. The highest BCUT2D eigenvalue weighted by Gasteiger charge is 2.15. The van der Waals surface area contributed by atoms with Crippen molar-refractivity contribution in [1.82, 2.24) is 4.90 Å². The summed E-state index contributed by atoms with van der Waals surface area (Å²) >= 11 is 10.7. The maximum atomic E-state index is 11.9. The van der Waals surface area contributed by atoms with Gasteiger partial charge in [-0.1, -0.05) is 34.0 Å². The van der Waals surface area contributed by atoms with Gasteiger partial charge in [-0.25, -0.2) is 0 Å². The molecule has 0 bridgehead atoms. The van der Waals surface area contributed by atoms with E-state index in [1.165, 1.54) is 11.3 Å². The van der Waals surface area contributed by atoms with Crippen LogP contribution in [0.1, 0.15) is 28.9 Å². The fraction of sp³-hybridized carbons (Fsp3) is 0.545. The van der Waals surface area contributed by atoms with E-state index in [4.69, 9.17) is 11.6 Å². The Hall–Kier alpha value is -0.0600. The third-order valence-corrected chi connectivity index (χ3v) is 4.18. The van der Waals surface area contributed by atoms with E-state index in [1.807, 2.05) is 12.4 Å². The summed E-state index contributed by atoms with van der Waals surface area (Å²) < 4.78 is 0. The predicted molar refractivity (Wildman–Crippen MR) is 73.9 cm³/mol. The number of amides is 1. The molecule has 1 aromatic rings. The molecule has 0 saturated heterocycles. The molecule has 16 heavy (non-hydrogen) atoms. The Morgan fingerprint density at radius 1 is 1.50 bits per heavy atom. The molecule has 0 fully saturated rings. The maximum absolute atomic E-state index is 11.9. The van der Waals surface area contributed by atoms with E-state index in [1.54, 1.807) is 11.0 Å². The van der Waals surface area contributed by atoms with Gasteiger partial charge in [0.25, 0.3) is 5.91 Å². The van der Waals surface area contributed by atoms with Crippen molar-refractivity contribution in [1.29, 1.82) is 0 Å². The van der Waals surface area contributed by atoms with Gasteiger partial charge in [0.15, 0.2) is 0 Å². The second-order valence-corrected chi connectivity index (χ2v) is 5.69. The minimum absolute atomic E-state index is 0.0267. The van der Waals surface area contributed by atoms with Crippen LogP contribution in [-0.4, -0.2) is 29.7 Å². The first-order chi connectivity index (χ1) is 7.66. The van der Waals surface area contributed by atoms with Crippen molar-refractivity contribution in [2.75, 3.05) is 18.9 Å². The lowest BCUT2D eigenvalue weighted by Crippen LogP contribution is -2.27. The molecule has 1 heterocycles. The molecule has 0 radical (unpaired) electrons. The summed E-state index contributed by atoms with van der Waals surface area (Å²) in [4.78, 5) is 14.3. The van der Waals surface area contributed by atoms with Crippen LogP contribution in [0.2, 0.25) is 5.02 Å². The number of hydrogen-bond acceptors (Lipinski definition) is 2. The predicted octanol–water partition coefficient (Wildman–Crippen LogP) is 4.04. The first-order valence-electron chi connectivity index (χ1n) is 5.21. The van der Waals surface area contributed by atoms with Gasteiger partial charge >= 0.3 is 0 Å². The number of carbonyl (C=O) groups is 1. The van der Waals surface area contributed by atoms with Crippen LogP contribution in [0.3, 0.4) is 0 Å². The van der Waals surface area contributed by atoms with E-state index in [-0.39, 0.29) is 5.91 Å². The van der Waals surface area contributed by atoms with Gasteiger partial charge in [0.05, 0.1) is 5.02 Å². The second-order valence-electron chi connectivity index (χ2n) is 3.57. The average molecular weight is 325 g/mol. The Morgan fingerprint density at radius 3 is 2.81 bits per heavy atom. The molecule has 0 saturated carbocycles. The fourth-order valence-corrected chi connectivity index (χ4v) is 2.87. The van der Waals surface area contributed by atoms with Crippen LogP contribution in [-0.2, 0) is 0 Å². The van der Waals surface area contributed by atoms with Gasteiger partial charge in [-0.05, 0) is 24.3 Å². The molecular formula is C11H15BrClNOS. The fourth-order valence-electron chi connectivity index (χ4n) is 1.34. The molecule has 0 N–H and O–H groups in total. The summed E-state index contributed by atoms with van der Waals surface area (Å²) in [5.41, 5.74) is 0. The number of halogens is 2. The van der Waals surface area contributed by atoms with Gasteiger partial charge in [-0.2, -0.15) is 0 Å². The molecular weight excluding hydrogens is 310 g/mol. The third kappa shape index (κ3) is 4.07. The number of thiophene rings is 1. The van der Waals surface area contributed by atoms with Crippen molar-refractivity contribution >= 4 is 44.8 Å². The second kappa shape index (κ2) is 7.30.